The quantitative estimate of drug-likeness (QED) is 0.662. The van der Waals surface area contributed by atoms with Gasteiger partial charge in [0, 0.05) is 29.1 Å². The number of halogens is 2. The van der Waals surface area contributed by atoms with E-state index in [9.17, 15) is 9.18 Å². The maximum Gasteiger partial charge on any atom is 0.274 e. The second kappa shape index (κ2) is 7.97. The molecule has 2 N–H and O–H groups in total. The van der Waals surface area contributed by atoms with Crippen LogP contribution in [-0.2, 0) is 6.54 Å². The van der Waals surface area contributed by atoms with Crippen molar-refractivity contribution in [2.45, 2.75) is 13.5 Å². The van der Waals surface area contributed by atoms with E-state index >= 15 is 0 Å². The molecule has 0 saturated carbocycles. The molecule has 3 aromatic rings. The van der Waals surface area contributed by atoms with E-state index in [1.165, 1.54) is 12.1 Å². The lowest BCUT2D eigenvalue weighted by Gasteiger charge is -2.10. The fraction of sp³-hybridized carbons (Fsp3) is 0.100. The van der Waals surface area contributed by atoms with E-state index in [4.69, 9.17) is 11.6 Å². The average molecular weight is 370 g/mol. The van der Waals surface area contributed by atoms with Crippen LogP contribution in [0.3, 0.4) is 0 Å². The molecule has 0 aliphatic carbocycles. The molecule has 0 aliphatic rings. The summed E-state index contributed by atoms with van der Waals surface area (Å²) in [6, 6.07) is 15.0. The third-order valence-electron chi connectivity index (χ3n) is 3.85. The Morgan fingerprint density at radius 1 is 1.12 bits per heavy atom. The molecular formula is C20H17ClFN3O. The van der Waals surface area contributed by atoms with Crippen molar-refractivity contribution in [2.75, 3.05) is 10.6 Å². The minimum absolute atomic E-state index is 0.270. The fourth-order valence-corrected chi connectivity index (χ4v) is 2.56. The van der Waals surface area contributed by atoms with Crippen LogP contribution in [0.4, 0.5) is 15.8 Å². The number of benzene rings is 2. The molecule has 26 heavy (non-hydrogen) atoms. The van der Waals surface area contributed by atoms with Gasteiger partial charge >= 0.3 is 0 Å². The summed E-state index contributed by atoms with van der Waals surface area (Å²) in [5, 5.41) is 6.57. The van der Waals surface area contributed by atoms with Crippen molar-refractivity contribution in [3.05, 3.63) is 88.5 Å². The Labute approximate surface area is 156 Å². The molecule has 0 bridgehead atoms. The van der Waals surface area contributed by atoms with Crippen LogP contribution in [0, 0.1) is 12.7 Å². The first kappa shape index (κ1) is 17.9. The molecule has 6 heteroatoms. The van der Waals surface area contributed by atoms with Crippen LogP contribution < -0.4 is 10.6 Å². The van der Waals surface area contributed by atoms with Gasteiger partial charge in [0.05, 0.1) is 0 Å². The molecule has 132 valence electrons. The minimum atomic E-state index is -0.319. The number of aryl methyl sites for hydroxylation is 1. The number of nitrogens with one attached hydrogen (secondary N) is 2. The molecule has 1 heterocycles. The summed E-state index contributed by atoms with van der Waals surface area (Å²) in [6.45, 7) is 2.40. The van der Waals surface area contributed by atoms with E-state index in [1.807, 2.05) is 13.0 Å². The number of nitrogens with zero attached hydrogens (tertiary/aromatic N) is 1. The lowest BCUT2D eigenvalue weighted by molar-refractivity contribution is 0.102. The summed E-state index contributed by atoms with van der Waals surface area (Å²) in [6.07, 6.45) is 1.56. The zero-order valence-electron chi connectivity index (χ0n) is 14.1. The van der Waals surface area contributed by atoms with E-state index in [0.29, 0.717) is 17.3 Å². The minimum Gasteiger partial charge on any atom is -0.381 e. The first-order chi connectivity index (χ1) is 12.5. The van der Waals surface area contributed by atoms with E-state index < -0.39 is 0 Å². The maximum absolute atomic E-state index is 12.9. The molecule has 0 aliphatic heterocycles. The number of hydrogen-bond acceptors (Lipinski definition) is 3. The number of rotatable bonds is 5. The lowest BCUT2D eigenvalue weighted by Crippen LogP contribution is -2.14. The topological polar surface area (TPSA) is 54.0 Å². The van der Waals surface area contributed by atoms with Crippen LogP contribution >= 0.6 is 11.6 Å². The summed E-state index contributed by atoms with van der Waals surface area (Å²) < 4.78 is 12.9. The van der Waals surface area contributed by atoms with E-state index in [0.717, 1.165) is 16.8 Å². The summed E-state index contributed by atoms with van der Waals surface area (Å²) in [5.74, 6) is -0.589. The molecule has 0 atom stereocenters. The zero-order valence-corrected chi connectivity index (χ0v) is 14.8. The Kier molecular flexibility index (Phi) is 5.49. The molecule has 3 rings (SSSR count). The van der Waals surface area contributed by atoms with Gasteiger partial charge in [0.25, 0.3) is 5.91 Å². The Bertz CT molecular complexity index is 929. The average Bonchev–Trinajstić information content (AvgIpc) is 2.64. The van der Waals surface area contributed by atoms with Gasteiger partial charge in [0.2, 0.25) is 0 Å². The van der Waals surface area contributed by atoms with Crippen LogP contribution in [0.2, 0.25) is 5.02 Å². The first-order valence-corrected chi connectivity index (χ1v) is 8.41. The highest BCUT2D eigenvalue weighted by Gasteiger charge is 2.10. The lowest BCUT2D eigenvalue weighted by atomic mass is 10.2. The molecular weight excluding hydrogens is 353 g/mol. The molecule has 0 unspecified atom stereocenters. The molecule has 2 aromatic carbocycles. The van der Waals surface area contributed by atoms with Gasteiger partial charge in [-0.05, 0) is 54.4 Å². The van der Waals surface area contributed by atoms with Gasteiger partial charge in [-0.3, -0.25) is 9.78 Å². The number of carbonyl (C=O) groups is 1. The maximum atomic E-state index is 12.9. The Morgan fingerprint density at radius 3 is 2.65 bits per heavy atom. The van der Waals surface area contributed by atoms with Crippen LogP contribution in [-0.4, -0.2) is 10.9 Å². The molecule has 1 amide bonds. The number of carbonyl (C=O) groups excluding carboxylic acids is 1. The van der Waals surface area contributed by atoms with E-state index in [2.05, 4.69) is 15.6 Å². The third-order valence-corrected chi connectivity index (χ3v) is 4.09. The highest BCUT2D eigenvalue weighted by molar-refractivity contribution is 6.31. The smallest absolute Gasteiger partial charge is 0.274 e. The highest BCUT2D eigenvalue weighted by atomic mass is 35.5. The predicted octanol–water partition coefficient (Wildman–Crippen LogP) is 5.05. The monoisotopic (exact) mass is 369 g/mol. The van der Waals surface area contributed by atoms with Crippen molar-refractivity contribution in [1.29, 1.82) is 0 Å². The molecule has 4 nitrogen and oxygen atoms in total. The van der Waals surface area contributed by atoms with Crippen molar-refractivity contribution < 1.29 is 9.18 Å². The fourth-order valence-electron chi connectivity index (χ4n) is 2.39. The van der Waals surface area contributed by atoms with Crippen LogP contribution in [0.15, 0.2) is 60.8 Å². The molecule has 0 saturated heterocycles. The largest absolute Gasteiger partial charge is 0.381 e. The summed E-state index contributed by atoms with van der Waals surface area (Å²) in [4.78, 5) is 16.6. The van der Waals surface area contributed by atoms with Crippen molar-refractivity contribution in [3.63, 3.8) is 0 Å². The highest BCUT2D eigenvalue weighted by Crippen LogP contribution is 2.21. The first-order valence-electron chi connectivity index (χ1n) is 8.03. The zero-order chi connectivity index (χ0) is 18.5. The second-order valence-corrected chi connectivity index (χ2v) is 6.26. The number of aromatic nitrogens is 1. The number of pyridine rings is 1. The Hall–Kier alpha value is -2.92. The van der Waals surface area contributed by atoms with Gasteiger partial charge in [-0.2, -0.15) is 0 Å². The van der Waals surface area contributed by atoms with Crippen molar-refractivity contribution in [1.82, 2.24) is 4.98 Å². The van der Waals surface area contributed by atoms with Gasteiger partial charge in [-0.15, -0.1) is 0 Å². The van der Waals surface area contributed by atoms with Gasteiger partial charge in [-0.25, -0.2) is 4.39 Å². The SMILES string of the molecule is Cc1ccc(Cl)cc1NC(=O)c1cc(NCc2ccc(F)cc2)ccn1. The van der Waals surface area contributed by atoms with Gasteiger partial charge in [0.15, 0.2) is 0 Å². The van der Waals surface area contributed by atoms with Gasteiger partial charge < -0.3 is 10.6 Å². The Morgan fingerprint density at radius 2 is 1.88 bits per heavy atom. The van der Waals surface area contributed by atoms with E-state index in [1.54, 1.807) is 42.6 Å². The molecule has 0 spiro atoms. The summed E-state index contributed by atoms with van der Waals surface area (Å²) >= 11 is 5.98. The summed E-state index contributed by atoms with van der Waals surface area (Å²) in [7, 11) is 0. The van der Waals surface area contributed by atoms with E-state index in [-0.39, 0.29) is 17.4 Å². The number of anilines is 2. The predicted molar refractivity (Wildman–Crippen MR) is 102 cm³/mol. The van der Waals surface area contributed by atoms with Crippen molar-refractivity contribution in [2.24, 2.45) is 0 Å². The number of amides is 1. The van der Waals surface area contributed by atoms with Crippen LogP contribution in [0.5, 0.6) is 0 Å². The molecule has 1 aromatic heterocycles. The summed E-state index contributed by atoms with van der Waals surface area (Å²) in [5.41, 5.74) is 3.52. The standard InChI is InChI=1S/C20H17ClFN3O/c1-13-2-5-15(21)10-18(13)25-20(26)19-11-17(8-9-23-19)24-12-14-3-6-16(22)7-4-14/h2-11H,12H2,1H3,(H,23,24)(H,25,26). The van der Waals surface area contributed by atoms with Crippen molar-refractivity contribution in [3.8, 4) is 0 Å². The van der Waals surface area contributed by atoms with Crippen LogP contribution in [0.25, 0.3) is 0 Å². The van der Waals surface area contributed by atoms with Gasteiger partial charge in [-0.1, -0.05) is 29.8 Å². The normalized spacial score (nSPS) is 10.4. The second-order valence-electron chi connectivity index (χ2n) is 5.82. The van der Waals surface area contributed by atoms with Gasteiger partial charge in [0.1, 0.15) is 11.5 Å². The Balaban J connectivity index is 1.69. The van der Waals surface area contributed by atoms with Crippen LogP contribution in [0.1, 0.15) is 21.6 Å². The van der Waals surface area contributed by atoms with Crippen molar-refractivity contribution >= 4 is 28.9 Å². The third kappa shape index (κ3) is 4.58. The molecule has 0 fully saturated rings. The number of hydrogen-bond donors (Lipinski definition) is 2. The molecule has 0 radical (unpaired) electrons.